The van der Waals surface area contributed by atoms with Crippen LogP contribution in [0.2, 0.25) is 0 Å². The van der Waals surface area contributed by atoms with Crippen molar-refractivity contribution in [2.45, 2.75) is 42.2 Å². The fourth-order valence-corrected chi connectivity index (χ4v) is 5.19. The molecule has 0 saturated heterocycles. The van der Waals surface area contributed by atoms with E-state index in [1.807, 2.05) is 66.4 Å². The first-order chi connectivity index (χ1) is 14.0. The predicted octanol–water partition coefficient (Wildman–Crippen LogP) is 4.64. The van der Waals surface area contributed by atoms with E-state index in [4.69, 9.17) is 0 Å². The molecule has 0 aliphatic heterocycles. The van der Waals surface area contributed by atoms with Gasteiger partial charge in [-0.1, -0.05) is 43.2 Å². The second-order valence-corrected chi connectivity index (χ2v) is 10.0. The zero-order valence-electron chi connectivity index (χ0n) is 16.2. The van der Waals surface area contributed by atoms with Gasteiger partial charge in [0.05, 0.1) is 0 Å². The molecule has 1 fully saturated rings. The summed E-state index contributed by atoms with van der Waals surface area (Å²) in [6, 6.07) is 17.0. The molecule has 1 amide bonds. The third-order valence-electron chi connectivity index (χ3n) is 4.64. The summed E-state index contributed by atoms with van der Waals surface area (Å²) in [5, 5.41) is 4.63. The van der Waals surface area contributed by atoms with E-state index in [0.717, 1.165) is 16.7 Å². The van der Waals surface area contributed by atoms with Gasteiger partial charge >= 0.3 is 0 Å². The number of sulfonamides is 1. The predicted molar refractivity (Wildman–Crippen MR) is 120 cm³/mol. The molecule has 0 bridgehead atoms. The maximum absolute atomic E-state index is 12.1. The Morgan fingerprint density at radius 2 is 1.72 bits per heavy atom. The fraction of sp³-hybridized carbons (Fsp3) is 0.318. The number of thioether (sulfide) groups is 1. The maximum atomic E-state index is 12.1. The summed E-state index contributed by atoms with van der Waals surface area (Å²) in [4.78, 5) is 13.3. The van der Waals surface area contributed by atoms with Gasteiger partial charge in [-0.15, -0.1) is 11.8 Å². The van der Waals surface area contributed by atoms with Crippen molar-refractivity contribution in [1.82, 2.24) is 4.72 Å². The summed E-state index contributed by atoms with van der Waals surface area (Å²) >= 11 is 1.90. The van der Waals surface area contributed by atoms with Crippen molar-refractivity contribution in [2.75, 3.05) is 11.9 Å². The Morgan fingerprint density at radius 3 is 2.41 bits per heavy atom. The number of hydrogen-bond acceptors (Lipinski definition) is 4. The van der Waals surface area contributed by atoms with Gasteiger partial charge in [-0.3, -0.25) is 4.79 Å². The van der Waals surface area contributed by atoms with E-state index in [1.54, 1.807) is 0 Å². The van der Waals surface area contributed by atoms with E-state index in [2.05, 4.69) is 10.0 Å². The Bertz CT molecular complexity index is 920. The number of amides is 1. The Hall–Kier alpha value is -2.09. The molecule has 7 heteroatoms. The van der Waals surface area contributed by atoms with Crippen LogP contribution in [0, 0.1) is 0 Å². The highest BCUT2D eigenvalue weighted by molar-refractivity contribution is 8.00. The lowest BCUT2D eigenvalue weighted by Gasteiger charge is -2.10. The van der Waals surface area contributed by atoms with Gasteiger partial charge in [0.15, 0.2) is 0 Å². The van der Waals surface area contributed by atoms with Crippen molar-refractivity contribution in [3.63, 3.8) is 0 Å². The van der Waals surface area contributed by atoms with Crippen molar-refractivity contribution in [2.24, 2.45) is 0 Å². The Balaban J connectivity index is 1.40. The average Bonchev–Trinajstić information content (AvgIpc) is 3.22. The number of nitrogens with one attached hydrogen (secondary N) is 2. The topological polar surface area (TPSA) is 75.3 Å². The minimum absolute atomic E-state index is 0.0446. The molecule has 2 aromatic rings. The molecule has 0 aromatic heterocycles. The summed E-state index contributed by atoms with van der Waals surface area (Å²) < 4.78 is 26.4. The molecule has 3 rings (SSSR count). The molecular formula is C22H26N2O3S2. The number of anilines is 1. The van der Waals surface area contributed by atoms with Gasteiger partial charge in [-0.2, -0.15) is 0 Å². The average molecular weight is 431 g/mol. The molecule has 154 valence electrons. The minimum atomic E-state index is -3.58. The van der Waals surface area contributed by atoms with Crippen LogP contribution in [-0.4, -0.2) is 26.1 Å². The van der Waals surface area contributed by atoms with Crippen LogP contribution >= 0.6 is 11.8 Å². The molecule has 1 saturated carbocycles. The van der Waals surface area contributed by atoms with Crippen LogP contribution in [0.3, 0.4) is 0 Å². The maximum Gasteiger partial charge on any atom is 0.233 e. The molecule has 0 unspecified atom stereocenters. The quantitative estimate of drug-likeness (QED) is 0.608. The molecule has 29 heavy (non-hydrogen) atoms. The van der Waals surface area contributed by atoms with E-state index < -0.39 is 10.0 Å². The van der Waals surface area contributed by atoms with E-state index in [9.17, 15) is 13.2 Å². The number of benzene rings is 2. The lowest BCUT2D eigenvalue weighted by atomic mass is 10.2. The third kappa shape index (κ3) is 7.68. The molecule has 2 N–H and O–H groups in total. The molecular weight excluding hydrogens is 404 g/mol. The Kier molecular flexibility index (Phi) is 7.91. The smallest absolute Gasteiger partial charge is 0.233 e. The molecule has 0 radical (unpaired) electrons. The molecule has 5 nitrogen and oxygen atoms in total. The van der Waals surface area contributed by atoms with Crippen LogP contribution in [-0.2, 0) is 14.8 Å². The van der Waals surface area contributed by atoms with Gasteiger partial charge in [0.1, 0.15) is 0 Å². The molecule has 0 heterocycles. The van der Waals surface area contributed by atoms with Gasteiger partial charge in [0.25, 0.3) is 0 Å². The summed E-state index contributed by atoms with van der Waals surface area (Å²) in [6.07, 6.45) is 6.78. The van der Waals surface area contributed by atoms with Crippen molar-refractivity contribution in [3.8, 4) is 0 Å². The highest BCUT2D eigenvalue weighted by Crippen LogP contribution is 2.34. The molecule has 2 aromatic carbocycles. The minimum Gasteiger partial charge on any atom is -0.326 e. The zero-order chi connectivity index (χ0) is 20.5. The number of rotatable bonds is 9. The highest BCUT2D eigenvalue weighted by atomic mass is 32.2. The largest absolute Gasteiger partial charge is 0.326 e. The number of hydrogen-bond donors (Lipinski definition) is 2. The summed E-state index contributed by atoms with van der Waals surface area (Å²) in [5.41, 5.74) is 1.52. The first kappa shape index (κ1) is 21.6. The van der Waals surface area contributed by atoms with Gasteiger partial charge in [0.2, 0.25) is 15.9 Å². The Labute approximate surface area is 177 Å². The molecule has 1 aliphatic carbocycles. The van der Waals surface area contributed by atoms with E-state index in [-0.39, 0.29) is 18.9 Å². The third-order valence-corrected chi connectivity index (χ3v) is 7.09. The van der Waals surface area contributed by atoms with Crippen LogP contribution in [0.1, 0.15) is 37.7 Å². The Morgan fingerprint density at radius 1 is 1.03 bits per heavy atom. The van der Waals surface area contributed by atoms with E-state index in [1.165, 1.54) is 36.7 Å². The lowest BCUT2D eigenvalue weighted by molar-refractivity contribution is -0.116. The summed E-state index contributed by atoms with van der Waals surface area (Å²) in [7, 11) is -3.58. The van der Waals surface area contributed by atoms with E-state index in [0.29, 0.717) is 5.25 Å². The van der Waals surface area contributed by atoms with Crippen LogP contribution in [0.4, 0.5) is 5.69 Å². The summed E-state index contributed by atoms with van der Waals surface area (Å²) in [5.74, 6) is -0.226. The normalized spacial score (nSPS) is 15.0. The summed E-state index contributed by atoms with van der Waals surface area (Å²) in [6.45, 7) is 0.0446. The van der Waals surface area contributed by atoms with Gasteiger partial charge < -0.3 is 5.32 Å². The van der Waals surface area contributed by atoms with Crippen molar-refractivity contribution in [3.05, 3.63) is 65.6 Å². The number of carbonyl (C=O) groups is 1. The highest BCUT2D eigenvalue weighted by Gasteiger charge is 2.16. The second-order valence-electron chi connectivity index (χ2n) is 7.00. The van der Waals surface area contributed by atoms with Crippen LogP contribution in [0.15, 0.2) is 64.9 Å². The van der Waals surface area contributed by atoms with Gasteiger partial charge in [-0.25, -0.2) is 13.1 Å². The fourth-order valence-electron chi connectivity index (χ4n) is 3.13. The van der Waals surface area contributed by atoms with Gasteiger partial charge in [-0.05, 0) is 48.7 Å². The van der Waals surface area contributed by atoms with Gasteiger partial charge in [0, 0.05) is 34.2 Å². The SMILES string of the molecule is O=C(CCNS(=O)(=O)/C=C/c1ccccc1)Nc1ccc(SC2CCCC2)cc1. The van der Waals surface area contributed by atoms with Crippen molar-refractivity contribution in [1.29, 1.82) is 0 Å². The lowest BCUT2D eigenvalue weighted by Crippen LogP contribution is -2.26. The molecule has 1 aliphatic rings. The molecule has 0 spiro atoms. The van der Waals surface area contributed by atoms with Crippen LogP contribution in [0.5, 0.6) is 0 Å². The zero-order valence-corrected chi connectivity index (χ0v) is 17.8. The van der Waals surface area contributed by atoms with Crippen LogP contribution < -0.4 is 10.0 Å². The first-order valence-electron chi connectivity index (χ1n) is 9.79. The monoisotopic (exact) mass is 430 g/mol. The van der Waals surface area contributed by atoms with Crippen LogP contribution in [0.25, 0.3) is 6.08 Å². The standard InChI is InChI=1S/C22H26N2O3S2/c25-22(14-16-23-29(26,27)17-15-18-6-2-1-3-7-18)24-19-10-12-21(13-11-19)28-20-8-4-5-9-20/h1-3,6-7,10-13,15,17,20,23H,4-5,8-9,14,16H2,(H,24,25)/b17-15+. The van der Waals surface area contributed by atoms with Crippen molar-refractivity contribution < 1.29 is 13.2 Å². The molecule has 0 atom stereocenters. The van der Waals surface area contributed by atoms with E-state index >= 15 is 0 Å². The number of carbonyl (C=O) groups excluding carboxylic acids is 1. The van der Waals surface area contributed by atoms with Crippen molar-refractivity contribution >= 4 is 39.5 Å². The first-order valence-corrected chi connectivity index (χ1v) is 12.2. The second kappa shape index (κ2) is 10.6.